The fourth-order valence-electron chi connectivity index (χ4n) is 3.25. The van der Waals surface area contributed by atoms with E-state index in [-0.39, 0.29) is 23.8 Å². The molecule has 0 aromatic heterocycles. The predicted octanol–water partition coefficient (Wildman–Crippen LogP) is 3.48. The van der Waals surface area contributed by atoms with Crippen LogP contribution in [-0.2, 0) is 6.54 Å². The van der Waals surface area contributed by atoms with Crippen molar-refractivity contribution in [2.75, 3.05) is 7.05 Å². The SMILES string of the molecule is CN1C(=O)c2ccc(C(=O)N(Cc3cccc(Br)c3)C3CC3)cc2C1=O. The molecule has 1 heterocycles. The highest BCUT2D eigenvalue weighted by Gasteiger charge is 2.36. The molecule has 6 heteroatoms. The standard InChI is InChI=1S/C20H17BrN2O3/c1-22-19(25)16-8-5-13(10-17(16)20(22)26)18(24)23(15-6-7-15)11-12-3-2-4-14(21)9-12/h2-5,8-10,15H,6-7,11H2,1H3. The number of fused-ring (bicyclic) bond motifs is 1. The Morgan fingerprint density at radius 1 is 1.12 bits per heavy atom. The topological polar surface area (TPSA) is 57.7 Å². The molecule has 1 fully saturated rings. The van der Waals surface area contributed by atoms with Crippen molar-refractivity contribution in [3.8, 4) is 0 Å². The minimum atomic E-state index is -0.357. The molecular formula is C20H17BrN2O3. The average Bonchev–Trinajstić information content (AvgIpc) is 3.45. The maximum absolute atomic E-state index is 13.1. The monoisotopic (exact) mass is 412 g/mol. The van der Waals surface area contributed by atoms with E-state index in [0.717, 1.165) is 27.8 Å². The molecule has 0 spiro atoms. The lowest BCUT2D eigenvalue weighted by Gasteiger charge is -2.23. The Hall–Kier alpha value is -2.47. The maximum Gasteiger partial charge on any atom is 0.261 e. The Balaban J connectivity index is 1.63. The summed E-state index contributed by atoms with van der Waals surface area (Å²) in [6, 6.07) is 12.9. The molecule has 1 aliphatic heterocycles. The third kappa shape index (κ3) is 2.94. The van der Waals surface area contributed by atoms with Crippen LogP contribution in [0.5, 0.6) is 0 Å². The minimum Gasteiger partial charge on any atom is -0.331 e. The molecule has 2 aromatic carbocycles. The number of nitrogens with zero attached hydrogens (tertiary/aromatic N) is 2. The van der Waals surface area contributed by atoms with Crippen LogP contribution in [-0.4, -0.2) is 40.6 Å². The highest BCUT2D eigenvalue weighted by atomic mass is 79.9. The van der Waals surface area contributed by atoms with Crippen molar-refractivity contribution in [3.05, 3.63) is 69.2 Å². The first-order valence-electron chi connectivity index (χ1n) is 8.47. The number of imide groups is 1. The summed E-state index contributed by atoms with van der Waals surface area (Å²) in [4.78, 5) is 40.2. The smallest absolute Gasteiger partial charge is 0.261 e. The number of carbonyl (C=O) groups excluding carboxylic acids is 3. The normalized spacial score (nSPS) is 16.0. The van der Waals surface area contributed by atoms with E-state index < -0.39 is 0 Å². The van der Waals surface area contributed by atoms with E-state index in [4.69, 9.17) is 0 Å². The van der Waals surface area contributed by atoms with Gasteiger partial charge in [0, 0.05) is 29.7 Å². The van der Waals surface area contributed by atoms with Crippen molar-refractivity contribution < 1.29 is 14.4 Å². The summed E-state index contributed by atoms with van der Waals surface area (Å²) >= 11 is 3.46. The fraction of sp³-hybridized carbons (Fsp3) is 0.250. The van der Waals surface area contributed by atoms with Gasteiger partial charge >= 0.3 is 0 Å². The van der Waals surface area contributed by atoms with Crippen LogP contribution in [0.3, 0.4) is 0 Å². The lowest BCUT2D eigenvalue weighted by molar-refractivity contribution is 0.0691. The number of hydrogen-bond donors (Lipinski definition) is 0. The molecule has 4 rings (SSSR count). The van der Waals surface area contributed by atoms with Crippen LogP contribution >= 0.6 is 15.9 Å². The Labute approximate surface area is 159 Å². The van der Waals surface area contributed by atoms with Crippen molar-refractivity contribution in [2.24, 2.45) is 0 Å². The third-order valence-electron chi connectivity index (χ3n) is 4.83. The van der Waals surface area contributed by atoms with Gasteiger partial charge < -0.3 is 4.90 Å². The van der Waals surface area contributed by atoms with Crippen molar-refractivity contribution in [1.29, 1.82) is 0 Å². The van der Waals surface area contributed by atoms with Crippen molar-refractivity contribution in [1.82, 2.24) is 9.80 Å². The zero-order chi connectivity index (χ0) is 18.4. The van der Waals surface area contributed by atoms with Gasteiger partial charge in [-0.05, 0) is 48.7 Å². The van der Waals surface area contributed by atoms with Crippen LogP contribution in [0.2, 0.25) is 0 Å². The Morgan fingerprint density at radius 3 is 2.54 bits per heavy atom. The van der Waals surface area contributed by atoms with E-state index in [1.807, 2.05) is 29.2 Å². The van der Waals surface area contributed by atoms with Gasteiger partial charge in [0.15, 0.2) is 0 Å². The number of carbonyl (C=O) groups is 3. The van der Waals surface area contributed by atoms with Gasteiger partial charge in [0.05, 0.1) is 11.1 Å². The molecule has 0 N–H and O–H groups in total. The molecular weight excluding hydrogens is 396 g/mol. The first-order chi connectivity index (χ1) is 12.5. The summed E-state index contributed by atoms with van der Waals surface area (Å²) in [7, 11) is 1.45. The Bertz CT molecular complexity index is 936. The average molecular weight is 413 g/mol. The molecule has 1 aliphatic carbocycles. The molecule has 1 saturated carbocycles. The van der Waals surface area contributed by atoms with Gasteiger partial charge in [0.1, 0.15) is 0 Å². The second kappa shape index (κ2) is 6.36. The van der Waals surface area contributed by atoms with Crippen molar-refractivity contribution in [2.45, 2.75) is 25.4 Å². The Morgan fingerprint density at radius 2 is 1.85 bits per heavy atom. The quantitative estimate of drug-likeness (QED) is 0.722. The second-order valence-corrected chi connectivity index (χ2v) is 7.64. The Kier molecular flexibility index (Phi) is 4.15. The lowest BCUT2D eigenvalue weighted by atomic mass is 10.0. The van der Waals surface area contributed by atoms with Crippen molar-refractivity contribution in [3.63, 3.8) is 0 Å². The highest BCUT2D eigenvalue weighted by molar-refractivity contribution is 9.10. The number of amides is 3. The summed E-state index contributed by atoms with van der Waals surface area (Å²) in [5.41, 5.74) is 2.16. The molecule has 26 heavy (non-hydrogen) atoms. The summed E-state index contributed by atoms with van der Waals surface area (Å²) in [6.07, 6.45) is 1.98. The molecule has 2 aromatic rings. The number of halogens is 1. The second-order valence-electron chi connectivity index (χ2n) is 6.72. The van der Waals surface area contributed by atoms with Crippen LogP contribution in [0, 0.1) is 0 Å². The van der Waals surface area contributed by atoms with Crippen LogP contribution < -0.4 is 0 Å². The summed E-state index contributed by atoms with van der Waals surface area (Å²) in [5.74, 6) is -0.785. The van der Waals surface area contributed by atoms with Crippen molar-refractivity contribution >= 4 is 33.7 Å². The first-order valence-corrected chi connectivity index (χ1v) is 9.27. The van der Waals surface area contributed by atoms with Crippen LogP contribution in [0.4, 0.5) is 0 Å². The maximum atomic E-state index is 13.1. The number of hydrogen-bond acceptors (Lipinski definition) is 3. The zero-order valence-corrected chi connectivity index (χ0v) is 15.8. The zero-order valence-electron chi connectivity index (χ0n) is 14.2. The first kappa shape index (κ1) is 17.0. The predicted molar refractivity (Wildman–Crippen MR) is 99.9 cm³/mol. The van der Waals surface area contributed by atoms with Gasteiger partial charge in [-0.15, -0.1) is 0 Å². The summed E-state index contributed by atoms with van der Waals surface area (Å²) < 4.78 is 0.975. The van der Waals surface area contributed by atoms with Crippen LogP contribution in [0.1, 0.15) is 49.5 Å². The number of benzene rings is 2. The van der Waals surface area contributed by atoms with E-state index in [2.05, 4.69) is 15.9 Å². The van der Waals surface area contributed by atoms with Gasteiger partial charge in [-0.2, -0.15) is 0 Å². The molecule has 0 radical (unpaired) electrons. The van der Waals surface area contributed by atoms with Gasteiger partial charge in [-0.3, -0.25) is 19.3 Å². The largest absolute Gasteiger partial charge is 0.331 e. The molecule has 0 bridgehead atoms. The van der Waals surface area contributed by atoms with E-state index in [9.17, 15) is 14.4 Å². The third-order valence-corrected chi connectivity index (χ3v) is 5.32. The van der Waals surface area contributed by atoms with E-state index in [1.165, 1.54) is 7.05 Å². The molecule has 132 valence electrons. The van der Waals surface area contributed by atoms with Crippen LogP contribution in [0.15, 0.2) is 46.9 Å². The summed E-state index contributed by atoms with van der Waals surface area (Å²) in [6.45, 7) is 0.521. The van der Waals surface area contributed by atoms with E-state index >= 15 is 0 Å². The molecule has 5 nitrogen and oxygen atoms in total. The molecule has 0 atom stereocenters. The van der Waals surface area contributed by atoms with E-state index in [0.29, 0.717) is 23.2 Å². The molecule has 3 amide bonds. The lowest BCUT2D eigenvalue weighted by Crippen LogP contribution is -2.32. The highest BCUT2D eigenvalue weighted by Crippen LogP contribution is 2.31. The minimum absolute atomic E-state index is 0.106. The van der Waals surface area contributed by atoms with E-state index in [1.54, 1.807) is 18.2 Å². The van der Waals surface area contributed by atoms with Gasteiger partial charge in [-0.1, -0.05) is 28.1 Å². The molecule has 0 unspecified atom stereocenters. The van der Waals surface area contributed by atoms with Gasteiger partial charge in [0.2, 0.25) is 0 Å². The molecule has 2 aliphatic rings. The van der Waals surface area contributed by atoms with Gasteiger partial charge in [-0.25, -0.2) is 0 Å². The molecule has 0 saturated heterocycles. The fourth-order valence-corrected chi connectivity index (χ4v) is 3.69. The van der Waals surface area contributed by atoms with Gasteiger partial charge in [0.25, 0.3) is 17.7 Å². The number of rotatable bonds is 4. The summed E-state index contributed by atoms with van der Waals surface area (Å²) in [5, 5.41) is 0. The van der Waals surface area contributed by atoms with Crippen LogP contribution in [0.25, 0.3) is 0 Å².